The second-order valence-electron chi connectivity index (χ2n) is 5.79. The van der Waals surface area contributed by atoms with E-state index in [1.54, 1.807) is 0 Å². The molecule has 2 rings (SSSR count). The van der Waals surface area contributed by atoms with Gasteiger partial charge < -0.3 is 0 Å². The van der Waals surface area contributed by atoms with Gasteiger partial charge >= 0.3 is 0 Å². The van der Waals surface area contributed by atoms with Gasteiger partial charge in [0.15, 0.2) is 0 Å². The number of hydrogen-bond donors (Lipinski definition) is 0. The van der Waals surface area contributed by atoms with Crippen molar-refractivity contribution in [3.63, 3.8) is 0 Å². The summed E-state index contributed by atoms with van der Waals surface area (Å²) in [5.41, 5.74) is 0.894. The third-order valence-corrected chi connectivity index (χ3v) is 5.04. The largest absolute Gasteiger partial charge is 0.299 e. The molecule has 0 aromatic heterocycles. The standard InChI is InChI=1S/C16H20BrNO3/c1-2-11-3-8-16(19)14(9-11)15(10-18(20)21)12-4-6-13(17)7-5-12/h4-7,11,14-15H,2-3,8-10H2,1H3/t11-,14+,15+/m1/s1. The summed E-state index contributed by atoms with van der Waals surface area (Å²) >= 11 is 3.37. The molecule has 1 aromatic carbocycles. The fraction of sp³-hybridized carbons (Fsp3) is 0.562. The minimum Gasteiger partial charge on any atom is -0.299 e. The quantitative estimate of drug-likeness (QED) is 0.588. The highest BCUT2D eigenvalue weighted by atomic mass is 79.9. The fourth-order valence-corrected chi connectivity index (χ4v) is 3.50. The van der Waals surface area contributed by atoms with Gasteiger partial charge in [0.1, 0.15) is 5.78 Å². The number of nitro groups is 1. The van der Waals surface area contributed by atoms with E-state index in [0.29, 0.717) is 12.3 Å². The molecule has 3 atom stereocenters. The summed E-state index contributed by atoms with van der Waals surface area (Å²) in [6.45, 7) is 1.95. The van der Waals surface area contributed by atoms with Crippen molar-refractivity contribution in [1.29, 1.82) is 0 Å². The number of benzene rings is 1. The maximum absolute atomic E-state index is 12.3. The zero-order valence-corrected chi connectivity index (χ0v) is 13.7. The SMILES string of the molecule is CC[C@@H]1CCC(=O)[C@H]([C@@H](C[N+](=O)[O-])c2ccc(Br)cc2)C1. The monoisotopic (exact) mass is 353 g/mol. The summed E-state index contributed by atoms with van der Waals surface area (Å²) in [7, 11) is 0. The lowest BCUT2D eigenvalue weighted by Gasteiger charge is -2.31. The number of hydrogen-bond acceptors (Lipinski definition) is 3. The molecule has 0 amide bonds. The first kappa shape index (κ1) is 16.1. The van der Waals surface area contributed by atoms with Crippen LogP contribution in [0.3, 0.4) is 0 Å². The van der Waals surface area contributed by atoms with Gasteiger partial charge in [-0.25, -0.2) is 0 Å². The summed E-state index contributed by atoms with van der Waals surface area (Å²) < 4.78 is 0.938. The Morgan fingerprint density at radius 2 is 2.05 bits per heavy atom. The van der Waals surface area contributed by atoms with Crippen molar-refractivity contribution in [3.8, 4) is 0 Å². The van der Waals surface area contributed by atoms with Crippen LogP contribution >= 0.6 is 15.9 Å². The Labute approximate surface area is 133 Å². The van der Waals surface area contributed by atoms with Crippen molar-refractivity contribution in [3.05, 3.63) is 44.4 Å². The molecule has 0 heterocycles. The second-order valence-corrected chi connectivity index (χ2v) is 6.71. The minimum atomic E-state index is -0.310. The molecule has 0 spiro atoms. The Morgan fingerprint density at radius 3 is 2.62 bits per heavy atom. The number of rotatable bonds is 5. The van der Waals surface area contributed by atoms with Crippen LogP contribution in [-0.4, -0.2) is 17.3 Å². The van der Waals surface area contributed by atoms with Crippen molar-refractivity contribution < 1.29 is 9.72 Å². The zero-order chi connectivity index (χ0) is 15.4. The Bertz CT molecular complexity index is 515. The fourth-order valence-electron chi connectivity index (χ4n) is 3.24. The molecule has 1 fully saturated rings. The van der Waals surface area contributed by atoms with Crippen LogP contribution in [0.15, 0.2) is 28.7 Å². The van der Waals surface area contributed by atoms with Crippen LogP contribution in [0, 0.1) is 22.0 Å². The van der Waals surface area contributed by atoms with E-state index < -0.39 is 0 Å². The minimum absolute atomic E-state index is 0.172. The van der Waals surface area contributed by atoms with Gasteiger partial charge in [0.2, 0.25) is 6.54 Å². The van der Waals surface area contributed by atoms with Crippen molar-refractivity contribution in [2.45, 2.75) is 38.5 Å². The van der Waals surface area contributed by atoms with Gasteiger partial charge in [-0.1, -0.05) is 41.4 Å². The van der Waals surface area contributed by atoms with Crippen LogP contribution < -0.4 is 0 Å². The highest BCUT2D eigenvalue weighted by molar-refractivity contribution is 9.10. The number of nitrogens with zero attached hydrogens (tertiary/aromatic N) is 1. The van der Waals surface area contributed by atoms with Gasteiger partial charge in [-0.15, -0.1) is 0 Å². The second kappa shape index (κ2) is 7.16. The highest BCUT2D eigenvalue weighted by Crippen LogP contribution is 2.38. The first-order chi connectivity index (χ1) is 10.0. The average Bonchev–Trinajstić information content (AvgIpc) is 2.46. The lowest BCUT2D eigenvalue weighted by Crippen LogP contribution is -2.33. The van der Waals surface area contributed by atoms with Gasteiger partial charge in [0.05, 0.1) is 5.92 Å². The van der Waals surface area contributed by atoms with Gasteiger partial charge in [-0.05, 0) is 36.5 Å². The molecule has 0 N–H and O–H groups in total. The molecule has 0 saturated heterocycles. The summed E-state index contributed by atoms with van der Waals surface area (Å²) in [5, 5.41) is 11.0. The Morgan fingerprint density at radius 1 is 1.38 bits per heavy atom. The Kier molecular flexibility index (Phi) is 5.51. The summed E-state index contributed by atoms with van der Waals surface area (Å²) in [5.74, 6) is 0.178. The molecule has 0 unspecified atom stereocenters. The molecule has 1 aliphatic carbocycles. The highest BCUT2D eigenvalue weighted by Gasteiger charge is 2.37. The van der Waals surface area contributed by atoms with E-state index >= 15 is 0 Å². The number of Topliss-reactive ketones (excluding diaryl/α,β-unsaturated/α-hetero) is 1. The maximum Gasteiger partial charge on any atom is 0.211 e. The third kappa shape index (κ3) is 4.13. The molecule has 1 aromatic rings. The predicted molar refractivity (Wildman–Crippen MR) is 84.9 cm³/mol. The van der Waals surface area contributed by atoms with Crippen LogP contribution in [-0.2, 0) is 4.79 Å². The smallest absolute Gasteiger partial charge is 0.211 e. The summed E-state index contributed by atoms with van der Waals surface area (Å²) in [4.78, 5) is 23.0. The molecular formula is C16H20BrNO3. The lowest BCUT2D eigenvalue weighted by molar-refractivity contribution is -0.484. The van der Waals surface area contributed by atoms with Crippen LogP contribution in [0.4, 0.5) is 0 Å². The van der Waals surface area contributed by atoms with E-state index in [1.807, 2.05) is 24.3 Å². The molecule has 1 saturated carbocycles. The number of ketones is 1. The molecule has 114 valence electrons. The molecule has 21 heavy (non-hydrogen) atoms. The first-order valence-electron chi connectivity index (χ1n) is 7.41. The van der Waals surface area contributed by atoms with Crippen molar-refractivity contribution in [2.24, 2.45) is 11.8 Å². The first-order valence-corrected chi connectivity index (χ1v) is 8.20. The summed E-state index contributed by atoms with van der Waals surface area (Å²) in [6.07, 6.45) is 3.31. The maximum atomic E-state index is 12.3. The zero-order valence-electron chi connectivity index (χ0n) is 12.1. The van der Waals surface area contributed by atoms with Crippen LogP contribution in [0.1, 0.15) is 44.1 Å². The normalized spacial score (nSPS) is 23.8. The molecule has 1 aliphatic rings. The molecule has 4 nitrogen and oxygen atoms in total. The molecular weight excluding hydrogens is 334 g/mol. The van der Waals surface area contributed by atoms with Gasteiger partial charge in [0.25, 0.3) is 0 Å². The number of carbonyl (C=O) groups excluding carboxylic acids is 1. The molecule has 0 bridgehead atoms. The van der Waals surface area contributed by atoms with Crippen molar-refractivity contribution in [2.75, 3.05) is 6.54 Å². The molecule has 0 radical (unpaired) electrons. The van der Waals surface area contributed by atoms with E-state index in [9.17, 15) is 14.9 Å². The molecule has 5 heteroatoms. The summed E-state index contributed by atoms with van der Waals surface area (Å²) in [6, 6.07) is 7.54. The predicted octanol–water partition coefficient (Wildman–Crippen LogP) is 4.20. The van der Waals surface area contributed by atoms with E-state index in [1.165, 1.54) is 0 Å². The van der Waals surface area contributed by atoms with Gasteiger partial charge in [-0.3, -0.25) is 14.9 Å². The van der Waals surface area contributed by atoms with E-state index in [4.69, 9.17) is 0 Å². The lowest BCUT2D eigenvalue weighted by atomic mass is 9.71. The topological polar surface area (TPSA) is 60.2 Å². The van der Waals surface area contributed by atoms with E-state index in [0.717, 1.165) is 29.3 Å². The van der Waals surface area contributed by atoms with Crippen molar-refractivity contribution >= 4 is 21.7 Å². The van der Waals surface area contributed by atoms with E-state index in [2.05, 4.69) is 22.9 Å². The Balaban J connectivity index is 2.27. The molecule has 0 aliphatic heterocycles. The van der Waals surface area contributed by atoms with Gasteiger partial charge in [-0.2, -0.15) is 0 Å². The van der Waals surface area contributed by atoms with E-state index in [-0.39, 0.29) is 29.1 Å². The van der Waals surface area contributed by atoms with Crippen molar-refractivity contribution in [1.82, 2.24) is 0 Å². The Hall–Kier alpha value is -1.23. The number of carbonyl (C=O) groups is 1. The van der Waals surface area contributed by atoms with Crippen LogP contribution in [0.2, 0.25) is 0 Å². The number of halogens is 1. The third-order valence-electron chi connectivity index (χ3n) is 4.51. The van der Waals surface area contributed by atoms with Crippen LogP contribution in [0.5, 0.6) is 0 Å². The van der Waals surface area contributed by atoms with Crippen LogP contribution in [0.25, 0.3) is 0 Å². The van der Waals surface area contributed by atoms with Gasteiger partial charge in [0, 0.05) is 21.7 Å². The average molecular weight is 354 g/mol.